The van der Waals surface area contributed by atoms with Crippen LogP contribution in [0.2, 0.25) is 0 Å². The largest absolute Gasteiger partial charge is 0.384 e. The van der Waals surface area contributed by atoms with Gasteiger partial charge >= 0.3 is 0 Å². The Morgan fingerprint density at radius 1 is 1.48 bits per heavy atom. The molecular formula is C16H16N2O2S3. The van der Waals surface area contributed by atoms with E-state index in [1.165, 1.54) is 23.1 Å². The molecule has 0 aromatic carbocycles. The van der Waals surface area contributed by atoms with Gasteiger partial charge in [-0.15, -0.1) is 29.3 Å². The van der Waals surface area contributed by atoms with Gasteiger partial charge in [0.25, 0.3) is 5.56 Å². The molecule has 0 aliphatic heterocycles. The van der Waals surface area contributed by atoms with Gasteiger partial charge in [0.1, 0.15) is 4.83 Å². The fourth-order valence-corrected chi connectivity index (χ4v) is 4.95. The molecule has 0 saturated carbocycles. The van der Waals surface area contributed by atoms with Gasteiger partial charge in [-0.1, -0.05) is 23.9 Å². The summed E-state index contributed by atoms with van der Waals surface area (Å²) in [5.74, 6) is 0.759. The van der Waals surface area contributed by atoms with E-state index < -0.39 is 0 Å². The molecule has 0 aliphatic rings. The van der Waals surface area contributed by atoms with E-state index in [0.717, 1.165) is 26.2 Å². The average molecular weight is 365 g/mol. The Hall–Kier alpha value is -1.41. The van der Waals surface area contributed by atoms with Gasteiger partial charge in [-0.05, 0) is 11.4 Å². The molecule has 0 fully saturated rings. The number of hydrogen-bond acceptors (Lipinski definition) is 6. The number of methoxy groups -OCH3 is 1. The zero-order valence-corrected chi connectivity index (χ0v) is 15.1. The molecule has 23 heavy (non-hydrogen) atoms. The molecule has 4 nitrogen and oxygen atoms in total. The van der Waals surface area contributed by atoms with E-state index in [1.54, 1.807) is 29.1 Å². The molecule has 0 radical (unpaired) electrons. The van der Waals surface area contributed by atoms with Crippen LogP contribution in [0.3, 0.4) is 0 Å². The fourth-order valence-electron chi connectivity index (χ4n) is 2.24. The molecule has 0 spiro atoms. The van der Waals surface area contributed by atoms with Crippen LogP contribution < -0.4 is 5.56 Å². The summed E-state index contributed by atoms with van der Waals surface area (Å²) in [6.07, 6.45) is 1.73. The summed E-state index contributed by atoms with van der Waals surface area (Å²) in [6, 6.07) is 4.03. The van der Waals surface area contributed by atoms with Crippen molar-refractivity contribution in [2.45, 2.75) is 11.7 Å². The number of thiophene rings is 2. The summed E-state index contributed by atoms with van der Waals surface area (Å²) >= 11 is 4.69. The summed E-state index contributed by atoms with van der Waals surface area (Å²) in [5.41, 5.74) is 0.975. The Morgan fingerprint density at radius 2 is 2.35 bits per heavy atom. The van der Waals surface area contributed by atoms with Crippen molar-refractivity contribution in [3.8, 4) is 10.4 Å². The number of ether oxygens (including phenoxy) is 1. The number of rotatable bonds is 7. The van der Waals surface area contributed by atoms with Crippen molar-refractivity contribution < 1.29 is 4.74 Å². The highest BCUT2D eigenvalue weighted by molar-refractivity contribution is 7.99. The SMILES string of the molecule is C=CCn1c(SCCOC)nc2scc(-c3cccs3)c2c1=O. The molecule has 7 heteroatoms. The zero-order chi connectivity index (χ0) is 16.2. The first-order valence-corrected chi connectivity index (χ1v) is 9.79. The predicted octanol–water partition coefficient (Wildman–Crippen LogP) is 4.11. The van der Waals surface area contributed by atoms with Crippen LogP contribution in [0.1, 0.15) is 0 Å². The highest BCUT2D eigenvalue weighted by atomic mass is 32.2. The monoisotopic (exact) mass is 364 g/mol. The van der Waals surface area contributed by atoms with Gasteiger partial charge in [-0.2, -0.15) is 0 Å². The van der Waals surface area contributed by atoms with Crippen molar-refractivity contribution in [2.24, 2.45) is 0 Å². The maximum atomic E-state index is 13.0. The van der Waals surface area contributed by atoms with E-state index >= 15 is 0 Å². The predicted molar refractivity (Wildman–Crippen MR) is 100.0 cm³/mol. The Balaban J connectivity index is 2.14. The third-order valence-corrected chi connectivity index (χ3v) is 5.99. The van der Waals surface area contributed by atoms with Crippen LogP contribution in [0.15, 0.2) is 45.5 Å². The second-order valence-corrected chi connectivity index (χ2v) is 7.61. The number of fused-ring (bicyclic) bond motifs is 1. The normalized spacial score (nSPS) is 11.2. The van der Waals surface area contributed by atoms with Gasteiger partial charge in [0, 0.05) is 35.2 Å². The molecule has 3 aromatic heterocycles. The summed E-state index contributed by atoms with van der Waals surface area (Å²) in [7, 11) is 1.67. The second-order valence-electron chi connectivity index (χ2n) is 4.75. The van der Waals surface area contributed by atoms with Crippen LogP contribution in [-0.4, -0.2) is 29.0 Å². The molecule has 0 saturated heterocycles. The Kier molecular flexibility index (Phi) is 5.32. The smallest absolute Gasteiger partial charge is 0.263 e. The molecule has 0 N–H and O–H groups in total. The van der Waals surface area contributed by atoms with E-state index in [0.29, 0.717) is 18.5 Å². The standard InChI is InChI=1S/C16H16N2O2S3/c1-3-6-18-15(19)13-11(12-5-4-8-21-12)10-23-14(13)17-16(18)22-9-7-20-2/h3-5,8,10H,1,6-7,9H2,2H3. The first kappa shape index (κ1) is 16.4. The van der Waals surface area contributed by atoms with Crippen LogP contribution in [0.4, 0.5) is 0 Å². The summed E-state index contributed by atoms with van der Waals surface area (Å²) in [5, 5.41) is 5.46. The van der Waals surface area contributed by atoms with Crippen molar-refractivity contribution >= 4 is 44.7 Å². The van der Waals surface area contributed by atoms with E-state index in [-0.39, 0.29) is 5.56 Å². The molecule has 3 rings (SSSR count). The van der Waals surface area contributed by atoms with Crippen molar-refractivity contribution in [1.29, 1.82) is 0 Å². The molecule has 3 heterocycles. The van der Waals surface area contributed by atoms with Crippen molar-refractivity contribution in [3.05, 3.63) is 45.9 Å². The number of aromatic nitrogens is 2. The van der Waals surface area contributed by atoms with Gasteiger partial charge in [0.05, 0.1) is 12.0 Å². The van der Waals surface area contributed by atoms with Crippen molar-refractivity contribution in [2.75, 3.05) is 19.5 Å². The molecular weight excluding hydrogens is 348 g/mol. The van der Waals surface area contributed by atoms with E-state index in [4.69, 9.17) is 9.72 Å². The Morgan fingerprint density at radius 3 is 3.04 bits per heavy atom. The minimum absolute atomic E-state index is 0.000494. The van der Waals surface area contributed by atoms with Crippen LogP contribution in [0, 0.1) is 0 Å². The maximum Gasteiger partial charge on any atom is 0.263 e. The van der Waals surface area contributed by atoms with E-state index in [2.05, 4.69) is 6.58 Å². The lowest BCUT2D eigenvalue weighted by Crippen LogP contribution is -2.22. The summed E-state index contributed by atoms with van der Waals surface area (Å²) in [4.78, 5) is 19.6. The van der Waals surface area contributed by atoms with Gasteiger partial charge in [-0.3, -0.25) is 9.36 Å². The maximum absolute atomic E-state index is 13.0. The van der Waals surface area contributed by atoms with Crippen LogP contribution in [0.25, 0.3) is 20.7 Å². The van der Waals surface area contributed by atoms with E-state index in [9.17, 15) is 4.79 Å². The molecule has 0 bridgehead atoms. The third-order valence-electron chi connectivity index (χ3n) is 3.28. The second kappa shape index (κ2) is 7.44. The minimum Gasteiger partial charge on any atom is -0.384 e. The molecule has 0 atom stereocenters. The Labute approximate surface area is 146 Å². The first-order valence-electron chi connectivity index (χ1n) is 7.04. The lowest BCUT2D eigenvalue weighted by molar-refractivity contribution is 0.218. The minimum atomic E-state index is -0.000494. The van der Waals surface area contributed by atoms with Gasteiger partial charge in [0.15, 0.2) is 5.16 Å². The zero-order valence-electron chi connectivity index (χ0n) is 12.7. The first-order chi connectivity index (χ1) is 11.3. The molecule has 120 valence electrons. The third kappa shape index (κ3) is 3.28. The molecule has 0 unspecified atom stereocenters. The fraction of sp³-hybridized carbons (Fsp3) is 0.250. The van der Waals surface area contributed by atoms with Crippen LogP contribution in [0.5, 0.6) is 0 Å². The number of hydrogen-bond donors (Lipinski definition) is 0. The number of allylic oxidation sites excluding steroid dienone is 1. The molecule has 0 amide bonds. The van der Waals surface area contributed by atoms with Gasteiger partial charge in [0.2, 0.25) is 0 Å². The lowest BCUT2D eigenvalue weighted by atomic mass is 10.2. The van der Waals surface area contributed by atoms with E-state index in [1.807, 2.05) is 22.9 Å². The highest BCUT2D eigenvalue weighted by Crippen LogP contribution is 2.34. The summed E-state index contributed by atoms with van der Waals surface area (Å²) in [6.45, 7) is 4.84. The topological polar surface area (TPSA) is 44.1 Å². The number of thioether (sulfide) groups is 1. The molecule has 3 aromatic rings. The average Bonchev–Trinajstić information content (AvgIpc) is 3.20. The highest BCUT2D eigenvalue weighted by Gasteiger charge is 2.17. The van der Waals surface area contributed by atoms with Crippen molar-refractivity contribution in [3.63, 3.8) is 0 Å². The Bertz CT molecular complexity index is 865. The van der Waals surface area contributed by atoms with Crippen molar-refractivity contribution in [1.82, 2.24) is 9.55 Å². The quantitative estimate of drug-likeness (QED) is 0.274. The number of nitrogens with zero attached hydrogens (tertiary/aromatic N) is 2. The van der Waals surface area contributed by atoms with Crippen LogP contribution in [-0.2, 0) is 11.3 Å². The van der Waals surface area contributed by atoms with Crippen LogP contribution >= 0.6 is 34.4 Å². The molecule has 0 aliphatic carbocycles. The summed E-state index contributed by atoms with van der Waals surface area (Å²) < 4.78 is 6.78. The van der Waals surface area contributed by atoms with Gasteiger partial charge < -0.3 is 4.74 Å². The van der Waals surface area contributed by atoms with Gasteiger partial charge in [-0.25, -0.2) is 4.98 Å². The lowest BCUT2D eigenvalue weighted by Gasteiger charge is -2.10.